The first-order valence-electron chi connectivity index (χ1n) is 7.18. The van der Waals surface area contributed by atoms with Gasteiger partial charge in [-0.2, -0.15) is 0 Å². The number of ether oxygens (including phenoxy) is 1. The van der Waals surface area contributed by atoms with Crippen molar-refractivity contribution in [3.05, 3.63) is 24.3 Å². The minimum absolute atomic E-state index is 0.115. The molecule has 0 aliphatic rings. The topological polar surface area (TPSA) is 50.4 Å². The molecule has 0 aliphatic heterocycles. The highest BCUT2D eigenvalue weighted by atomic mass is 32.1. The Morgan fingerprint density at radius 2 is 2.05 bits per heavy atom. The van der Waals surface area contributed by atoms with Gasteiger partial charge in [0, 0.05) is 17.2 Å². The quantitative estimate of drug-likeness (QED) is 0.643. The second kappa shape index (κ2) is 7.98. The van der Waals surface area contributed by atoms with Crippen LogP contribution in [0.15, 0.2) is 24.3 Å². The van der Waals surface area contributed by atoms with Gasteiger partial charge in [0.1, 0.15) is 5.75 Å². The first kappa shape index (κ1) is 17.4. The summed E-state index contributed by atoms with van der Waals surface area (Å²) in [4.78, 5) is 11.8. The number of hydrogen-bond acceptors (Lipinski definition) is 3. The average molecular weight is 308 g/mol. The molecular weight excluding hydrogens is 284 g/mol. The van der Waals surface area contributed by atoms with Gasteiger partial charge in [-0.15, -0.1) is 0 Å². The summed E-state index contributed by atoms with van der Waals surface area (Å²) < 4.78 is 5.63. The summed E-state index contributed by atoms with van der Waals surface area (Å²) in [6, 6.07) is 7.53. The van der Waals surface area contributed by atoms with Crippen molar-refractivity contribution in [2.75, 3.05) is 11.9 Å². The molecule has 0 heterocycles. The molecule has 0 fully saturated rings. The van der Waals surface area contributed by atoms with Crippen LogP contribution in [0.1, 0.15) is 40.5 Å². The van der Waals surface area contributed by atoms with Crippen LogP contribution in [0, 0.1) is 5.41 Å². The van der Waals surface area contributed by atoms with Crippen LogP contribution in [0.25, 0.3) is 0 Å². The van der Waals surface area contributed by atoms with E-state index in [2.05, 4.69) is 17.6 Å². The summed E-state index contributed by atoms with van der Waals surface area (Å²) in [5.74, 6) is 0.675. The van der Waals surface area contributed by atoms with Crippen molar-refractivity contribution in [2.45, 2.75) is 40.5 Å². The van der Waals surface area contributed by atoms with Crippen molar-refractivity contribution in [2.24, 2.45) is 5.41 Å². The molecule has 4 nitrogen and oxygen atoms in total. The van der Waals surface area contributed by atoms with Crippen LogP contribution in [-0.4, -0.2) is 17.6 Å². The minimum atomic E-state index is -0.475. The zero-order chi connectivity index (χ0) is 15.9. The first-order chi connectivity index (χ1) is 9.82. The van der Waals surface area contributed by atoms with E-state index in [9.17, 15) is 4.79 Å². The lowest BCUT2D eigenvalue weighted by atomic mass is 9.96. The fourth-order valence-corrected chi connectivity index (χ4v) is 1.66. The predicted octanol–water partition coefficient (Wildman–Crippen LogP) is 3.72. The van der Waals surface area contributed by atoms with Crippen LogP contribution in [0.5, 0.6) is 5.75 Å². The molecule has 0 saturated carbocycles. The van der Waals surface area contributed by atoms with E-state index in [1.54, 1.807) is 0 Å². The second-order valence-corrected chi connectivity index (χ2v) is 6.30. The molecule has 0 spiro atoms. The van der Waals surface area contributed by atoms with Gasteiger partial charge >= 0.3 is 0 Å². The number of unbranched alkanes of at least 4 members (excludes halogenated alkanes) is 1. The van der Waals surface area contributed by atoms with Gasteiger partial charge in [-0.25, -0.2) is 0 Å². The van der Waals surface area contributed by atoms with Crippen LogP contribution in [-0.2, 0) is 4.79 Å². The third-order valence-corrected chi connectivity index (χ3v) is 2.97. The van der Waals surface area contributed by atoms with Gasteiger partial charge < -0.3 is 15.4 Å². The van der Waals surface area contributed by atoms with Crippen molar-refractivity contribution in [3.8, 4) is 5.75 Å². The van der Waals surface area contributed by atoms with Crippen LogP contribution in [0.2, 0.25) is 0 Å². The van der Waals surface area contributed by atoms with Crippen molar-refractivity contribution in [3.63, 3.8) is 0 Å². The van der Waals surface area contributed by atoms with Gasteiger partial charge in [0.25, 0.3) is 0 Å². The molecule has 0 radical (unpaired) electrons. The maximum absolute atomic E-state index is 11.8. The number of carbonyl (C=O) groups is 1. The van der Waals surface area contributed by atoms with E-state index in [0.29, 0.717) is 11.7 Å². The van der Waals surface area contributed by atoms with Gasteiger partial charge in [0.15, 0.2) is 5.11 Å². The molecule has 1 rings (SSSR count). The molecule has 1 aromatic rings. The lowest BCUT2D eigenvalue weighted by molar-refractivity contribution is -0.126. The van der Waals surface area contributed by atoms with Gasteiger partial charge in [-0.05, 0) is 30.8 Å². The first-order valence-corrected chi connectivity index (χ1v) is 7.59. The number of amides is 1. The summed E-state index contributed by atoms with van der Waals surface area (Å²) in [5.41, 5.74) is 0.319. The number of carbonyl (C=O) groups excluding carboxylic acids is 1. The van der Waals surface area contributed by atoms with Crippen molar-refractivity contribution in [1.29, 1.82) is 0 Å². The monoisotopic (exact) mass is 308 g/mol. The average Bonchev–Trinajstić information content (AvgIpc) is 2.38. The Labute approximate surface area is 132 Å². The predicted molar refractivity (Wildman–Crippen MR) is 90.7 cm³/mol. The van der Waals surface area contributed by atoms with Crippen LogP contribution in [0.4, 0.5) is 5.69 Å². The van der Waals surface area contributed by atoms with E-state index in [4.69, 9.17) is 17.0 Å². The summed E-state index contributed by atoms with van der Waals surface area (Å²) in [6.07, 6.45) is 2.12. The fourth-order valence-electron chi connectivity index (χ4n) is 1.45. The molecule has 0 aliphatic carbocycles. The Morgan fingerprint density at radius 3 is 2.67 bits per heavy atom. The molecule has 0 bridgehead atoms. The zero-order valence-corrected chi connectivity index (χ0v) is 14.0. The minimum Gasteiger partial charge on any atom is -0.494 e. The largest absolute Gasteiger partial charge is 0.494 e. The number of nitrogens with one attached hydrogen (secondary N) is 2. The summed E-state index contributed by atoms with van der Waals surface area (Å²) in [5, 5.41) is 5.97. The Kier molecular flexibility index (Phi) is 6.62. The lowest BCUT2D eigenvalue weighted by Crippen LogP contribution is -2.41. The molecule has 116 valence electrons. The van der Waals surface area contributed by atoms with Crippen molar-refractivity contribution in [1.82, 2.24) is 5.32 Å². The maximum Gasteiger partial charge on any atom is 0.231 e. The SMILES string of the molecule is CCCCOc1cccc(NC(=S)NC(=O)C(C)(C)C)c1. The number of rotatable bonds is 5. The molecule has 21 heavy (non-hydrogen) atoms. The van der Waals surface area contributed by atoms with Gasteiger partial charge in [-0.3, -0.25) is 4.79 Å². The molecule has 2 N–H and O–H groups in total. The van der Waals surface area contributed by atoms with Gasteiger partial charge in [0.2, 0.25) is 5.91 Å². The van der Waals surface area contributed by atoms with E-state index < -0.39 is 5.41 Å². The Balaban J connectivity index is 2.56. The Hall–Kier alpha value is -1.62. The number of thiocarbonyl (C=S) groups is 1. The summed E-state index contributed by atoms with van der Waals surface area (Å²) in [6.45, 7) is 8.34. The van der Waals surface area contributed by atoms with Crippen molar-refractivity contribution < 1.29 is 9.53 Å². The molecule has 0 atom stereocenters. The third-order valence-electron chi connectivity index (χ3n) is 2.77. The smallest absolute Gasteiger partial charge is 0.231 e. The van der Waals surface area contributed by atoms with E-state index in [0.717, 1.165) is 24.3 Å². The molecule has 1 aromatic carbocycles. The number of benzene rings is 1. The second-order valence-electron chi connectivity index (χ2n) is 5.89. The normalized spacial score (nSPS) is 10.9. The van der Waals surface area contributed by atoms with Crippen LogP contribution < -0.4 is 15.4 Å². The van der Waals surface area contributed by atoms with E-state index in [1.807, 2.05) is 45.0 Å². The molecule has 1 amide bonds. The fraction of sp³-hybridized carbons (Fsp3) is 0.500. The molecule has 5 heteroatoms. The van der Waals surface area contributed by atoms with Crippen molar-refractivity contribution >= 4 is 28.9 Å². The third kappa shape index (κ3) is 6.58. The van der Waals surface area contributed by atoms with E-state index in [-0.39, 0.29) is 5.91 Å². The standard InChI is InChI=1S/C16H24N2O2S/c1-5-6-10-20-13-9-7-8-12(11-13)17-15(21)18-14(19)16(2,3)4/h7-9,11H,5-6,10H2,1-4H3,(H2,17,18,19,21). The Morgan fingerprint density at radius 1 is 1.33 bits per heavy atom. The molecule has 0 aromatic heterocycles. The van der Waals surface area contributed by atoms with Crippen LogP contribution in [0.3, 0.4) is 0 Å². The number of hydrogen-bond donors (Lipinski definition) is 2. The highest BCUT2D eigenvalue weighted by molar-refractivity contribution is 7.80. The van der Waals surface area contributed by atoms with Crippen LogP contribution >= 0.6 is 12.2 Å². The molecular formula is C16H24N2O2S. The lowest BCUT2D eigenvalue weighted by Gasteiger charge is -2.18. The Bertz CT molecular complexity index is 495. The highest BCUT2D eigenvalue weighted by Crippen LogP contribution is 2.18. The number of anilines is 1. The van der Waals surface area contributed by atoms with E-state index >= 15 is 0 Å². The summed E-state index contributed by atoms with van der Waals surface area (Å²) >= 11 is 5.15. The molecule has 0 unspecified atom stereocenters. The van der Waals surface area contributed by atoms with Gasteiger partial charge in [-0.1, -0.05) is 40.2 Å². The molecule has 0 saturated heterocycles. The zero-order valence-electron chi connectivity index (χ0n) is 13.2. The highest BCUT2D eigenvalue weighted by Gasteiger charge is 2.21. The van der Waals surface area contributed by atoms with Gasteiger partial charge in [0.05, 0.1) is 6.61 Å². The van der Waals surface area contributed by atoms with E-state index in [1.165, 1.54) is 0 Å². The maximum atomic E-state index is 11.8. The summed E-state index contributed by atoms with van der Waals surface area (Å²) in [7, 11) is 0.